The Labute approximate surface area is 173 Å². The summed E-state index contributed by atoms with van der Waals surface area (Å²) in [6, 6.07) is 13.6. The molecule has 0 bridgehead atoms. The third-order valence-electron chi connectivity index (χ3n) is 5.19. The maximum Gasteiger partial charge on any atom is 0.272 e. The molecular formula is C23H30N4O2. The SMILES string of the molecule is CCCN(CCC)C(=O)c1ccnc(C(=O)N2CCN(c3ccccc3)CC2)c1. The van der Waals surface area contributed by atoms with Crippen LogP contribution in [0.2, 0.25) is 0 Å². The van der Waals surface area contributed by atoms with E-state index in [0.717, 1.165) is 39.0 Å². The molecule has 1 saturated heterocycles. The van der Waals surface area contributed by atoms with Gasteiger partial charge in [0.2, 0.25) is 0 Å². The molecule has 0 saturated carbocycles. The van der Waals surface area contributed by atoms with Crippen molar-refractivity contribution >= 4 is 17.5 Å². The molecule has 0 N–H and O–H groups in total. The quantitative estimate of drug-likeness (QED) is 0.723. The molecule has 29 heavy (non-hydrogen) atoms. The molecule has 1 aliphatic rings. The van der Waals surface area contributed by atoms with Crippen molar-refractivity contribution in [2.45, 2.75) is 26.7 Å². The van der Waals surface area contributed by atoms with Crippen LogP contribution in [-0.4, -0.2) is 65.9 Å². The summed E-state index contributed by atoms with van der Waals surface area (Å²) in [6.07, 6.45) is 3.39. The third kappa shape index (κ3) is 5.13. The molecule has 0 aliphatic carbocycles. The number of nitrogens with zero attached hydrogens (tertiary/aromatic N) is 4. The maximum atomic E-state index is 13.0. The minimum atomic E-state index is -0.107. The highest BCUT2D eigenvalue weighted by atomic mass is 16.2. The van der Waals surface area contributed by atoms with Crippen molar-refractivity contribution in [2.75, 3.05) is 44.2 Å². The lowest BCUT2D eigenvalue weighted by atomic mass is 10.1. The minimum Gasteiger partial charge on any atom is -0.368 e. The number of hydrogen-bond donors (Lipinski definition) is 0. The van der Waals surface area contributed by atoms with Crippen molar-refractivity contribution in [1.29, 1.82) is 0 Å². The van der Waals surface area contributed by atoms with Crippen molar-refractivity contribution in [3.8, 4) is 0 Å². The smallest absolute Gasteiger partial charge is 0.272 e. The number of carbonyl (C=O) groups is 2. The van der Waals surface area contributed by atoms with Gasteiger partial charge in [-0.15, -0.1) is 0 Å². The highest BCUT2D eigenvalue weighted by Gasteiger charge is 2.24. The second-order valence-corrected chi connectivity index (χ2v) is 7.34. The van der Waals surface area contributed by atoms with Gasteiger partial charge >= 0.3 is 0 Å². The van der Waals surface area contributed by atoms with Crippen LogP contribution in [0.1, 0.15) is 47.5 Å². The van der Waals surface area contributed by atoms with Crippen molar-refractivity contribution in [1.82, 2.24) is 14.8 Å². The van der Waals surface area contributed by atoms with Crippen LogP contribution in [0.3, 0.4) is 0 Å². The molecule has 0 unspecified atom stereocenters. The molecule has 1 aromatic carbocycles. The number of hydrogen-bond acceptors (Lipinski definition) is 4. The van der Waals surface area contributed by atoms with Gasteiger partial charge in [0, 0.05) is 56.7 Å². The molecule has 6 heteroatoms. The third-order valence-corrected chi connectivity index (χ3v) is 5.19. The maximum absolute atomic E-state index is 13.0. The Morgan fingerprint density at radius 1 is 0.966 bits per heavy atom. The monoisotopic (exact) mass is 394 g/mol. The van der Waals surface area contributed by atoms with E-state index in [0.29, 0.717) is 24.3 Å². The van der Waals surface area contributed by atoms with E-state index in [-0.39, 0.29) is 11.8 Å². The topological polar surface area (TPSA) is 56.8 Å². The van der Waals surface area contributed by atoms with E-state index in [4.69, 9.17) is 0 Å². The van der Waals surface area contributed by atoms with Crippen LogP contribution in [0, 0.1) is 0 Å². The van der Waals surface area contributed by atoms with Crippen LogP contribution in [0.25, 0.3) is 0 Å². The van der Waals surface area contributed by atoms with Gasteiger partial charge in [-0.1, -0.05) is 32.0 Å². The molecule has 0 atom stereocenters. The minimum absolute atomic E-state index is 0.0287. The van der Waals surface area contributed by atoms with Gasteiger partial charge in [-0.3, -0.25) is 14.6 Å². The average Bonchev–Trinajstić information content (AvgIpc) is 2.79. The van der Waals surface area contributed by atoms with Crippen molar-refractivity contribution in [2.24, 2.45) is 0 Å². The molecule has 154 valence electrons. The molecule has 0 spiro atoms. The number of amides is 2. The predicted octanol–water partition coefficient (Wildman–Crippen LogP) is 3.31. The van der Waals surface area contributed by atoms with Crippen LogP contribution >= 0.6 is 0 Å². The summed E-state index contributed by atoms with van der Waals surface area (Å²) in [4.78, 5) is 36.0. The number of rotatable bonds is 7. The van der Waals surface area contributed by atoms with E-state index in [1.54, 1.807) is 18.3 Å². The Bertz CT molecular complexity index is 811. The second kappa shape index (κ2) is 10.0. The Morgan fingerprint density at radius 3 is 2.24 bits per heavy atom. The van der Waals surface area contributed by atoms with E-state index in [1.165, 1.54) is 5.69 Å². The fraction of sp³-hybridized carbons (Fsp3) is 0.435. The standard InChI is InChI=1S/C23H30N4O2/c1-3-12-26(13-4-2)22(28)19-10-11-24-21(18-19)23(29)27-16-14-25(15-17-27)20-8-6-5-7-9-20/h5-11,18H,3-4,12-17H2,1-2H3. The zero-order valence-corrected chi connectivity index (χ0v) is 17.4. The van der Waals surface area contributed by atoms with Crippen LogP contribution in [-0.2, 0) is 0 Å². The summed E-state index contributed by atoms with van der Waals surface area (Å²) in [5.41, 5.74) is 2.06. The van der Waals surface area contributed by atoms with E-state index in [2.05, 4.69) is 35.9 Å². The van der Waals surface area contributed by atoms with Crippen LogP contribution in [0.15, 0.2) is 48.7 Å². The predicted molar refractivity (Wildman–Crippen MR) is 115 cm³/mol. The van der Waals surface area contributed by atoms with Crippen LogP contribution < -0.4 is 4.90 Å². The fourth-order valence-electron chi connectivity index (χ4n) is 3.69. The first-order valence-corrected chi connectivity index (χ1v) is 10.5. The summed E-state index contributed by atoms with van der Waals surface area (Å²) < 4.78 is 0. The highest BCUT2D eigenvalue weighted by Crippen LogP contribution is 2.17. The Kier molecular flexibility index (Phi) is 7.22. The van der Waals surface area contributed by atoms with Gasteiger partial charge < -0.3 is 14.7 Å². The number of para-hydroxylation sites is 1. The molecule has 2 amide bonds. The molecule has 0 radical (unpaired) electrons. The molecule has 2 heterocycles. The Balaban J connectivity index is 1.66. The van der Waals surface area contributed by atoms with Crippen LogP contribution in [0.5, 0.6) is 0 Å². The molecular weight excluding hydrogens is 364 g/mol. The zero-order valence-electron chi connectivity index (χ0n) is 17.4. The van der Waals surface area contributed by atoms with Gasteiger partial charge in [-0.2, -0.15) is 0 Å². The molecule has 1 aromatic heterocycles. The lowest BCUT2D eigenvalue weighted by Crippen LogP contribution is -2.49. The van der Waals surface area contributed by atoms with Gasteiger partial charge in [0.05, 0.1) is 0 Å². The first-order chi connectivity index (χ1) is 14.1. The summed E-state index contributed by atoms with van der Waals surface area (Å²) in [5.74, 6) is -0.135. The average molecular weight is 395 g/mol. The number of benzene rings is 1. The summed E-state index contributed by atoms with van der Waals surface area (Å²) in [7, 11) is 0. The summed E-state index contributed by atoms with van der Waals surface area (Å²) >= 11 is 0. The number of piperazine rings is 1. The van der Waals surface area contributed by atoms with Gasteiger partial charge in [-0.25, -0.2) is 0 Å². The van der Waals surface area contributed by atoms with Crippen molar-refractivity contribution in [3.05, 3.63) is 59.9 Å². The molecule has 6 nitrogen and oxygen atoms in total. The Morgan fingerprint density at radius 2 is 1.62 bits per heavy atom. The summed E-state index contributed by atoms with van der Waals surface area (Å²) in [6.45, 7) is 8.43. The summed E-state index contributed by atoms with van der Waals surface area (Å²) in [5, 5.41) is 0. The normalized spacial score (nSPS) is 14.0. The van der Waals surface area contributed by atoms with E-state index >= 15 is 0 Å². The number of anilines is 1. The molecule has 2 aromatic rings. The van der Waals surface area contributed by atoms with E-state index < -0.39 is 0 Å². The largest absolute Gasteiger partial charge is 0.368 e. The van der Waals surface area contributed by atoms with Gasteiger partial charge in [-0.05, 0) is 37.1 Å². The lowest BCUT2D eigenvalue weighted by molar-refractivity contribution is 0.0740. The van der Waals surface area contributed by atoms with Crippen molar-refractivity contribution in [3.63, 3.8) is 0 Å². The fourth-order valence-corrected chi connectivity index (χ4v) is 3.69. The van der Waals surface area contributed by atoms with Crippen molar-refractivity contribution < 1.29 is 9.59 Å². The lowest BCUT2D eigenvalue weighted by Gasteiger charge is -2.36. The Hall–Kier alpha value is -2.89. The first kappa shape index (κ1) is 20.8. The second-order valence-electron chi connectivity index (χ2n) is 7.34. The highest BCUT2D eigenvalue weighted by molar-refractivity contribution is 5.98. The zero-order chi connectivity index (χ0) is 20.6. The van der Waals surface area contributed by atoms with Gasteiger partial charge in [0.15, 0.2) is 0 Å². The van der Waals surface area contributed by atoms with Crippen LogP contribution in [0.4, 0.5) is 5.69 Å². The number of aromatic nitrogens is 1. The van der Waals surface area contributed by atoms with E-state index in [9.17, 15) is 9.59 Å². The number of pyridine rings is 1. The van der Waals surface area contributed by atoms with E-state index in [1.807, 2.05) is 28.0 Å². The molecule has 1 aliphatic heterocycles. The molecule has 1 fully saturated rings. The number of carbonyl (C=O) groups excluding carboxylic acids is 2. The first-order valence-electron chi connectivity index (χ1n) is 10.5. The van der Waals surface area contributed by atoms with Gasteiger partial charge in [0.25, 0.3) is 11.8 Å². The molecule has 3 rings (SSSR count). The van der Waals surface area contributed by atoms with Gasteiger partial charge in [0.1, 0.15) is 5.69 Å².